The number of aryl methyl sites for hydroxylation is 2. The van der Waals surface area contributed by atoms with E-state index in [0.717, 1.165) is 21.4 Å². The van der Waals surface area contributed by atoms with Crippen LogP contribution in [-0.2, 0) is 13.0 Å². The number of hydrogen-bond acceptors (Lipinski definition) is 4. The van der Waals surface area contributed by atoms with Gasteiger partial charge in [0.15, 0.2) is 0 Å². The molecule has 2 N–H and O–H groups in total. The molecule has 6 nitrogen and oxygen atoms in total. The number of hydrogen-bond donors (Lipinski definition) is 2. The summed E-state index contributed by atoms with van der Waals surface area (Å²) < 4.78 is 1.04. The van der Waals surface area contributed by atoms with Crippen LogP contribution in [0, 0.1) is 0 Å². The van der Waals surface area contributed by atoms with E-state index in [-0.39, 0.29) is 6.54 Å². The third-order valence-electron chi connectivity index (χ3n) is 3.55. The van der Waals surface area contributed by atoms with E-state index in [4.69, 9.17) is 0 Å². The third-order valence-corrected chi connectivity index (χ3v) is 3.55. The molecule has 0 atom stereocenters. The quantitative estimate of drug-likeness (QED) is 0.765. The molecule has 0 radical (unpaired) electrons. The Labute approximate surface area is 131 Å². The fourth-order valence-electron chi connectivity index (χ4n) is 2.30. The van der Waals surface area contributed by atoms with Gasteiger partial charge in [-0.05, 0) is 23.1 Å². The molecule has 0 saturated heterocycles. The van der Waals surface area contributed by atoms with Crippen molar-refractivity contribution in [1.29, 1.82) is 0 Å². The maximum absolute atomic E-state index is 11.6. The van der Waals surface area contributed by atoms with Crippen molar-refractivity contribution in [3.8, 4) is 17.0 Å². The molecule has 23 heavy (non-hydrogen) atoms. The summed E-state index contributed by atoms with van der Waals surface area (Å²) in [6.07, 6.45) is 0.563. The minimum Gasteiger partial charge on any atom is -0.488 e. The molecule has 3 rings (SSSR count). The lowest BCUT2D eigenvalue weighted by molar-refractivity contribution is 0.402. The van der Waals surface area contributed by atoms with Crippen molar-refractivity contribution in [2.75, 3.05) is 0 Å². The minimum absolute atomic E-state index is 0.272. The second-order valence-corrected chi connectivity index (χ2v) is 5.12. The van der Waals surface area contributed by atoms with Gasteiger partial charge in [0.05, 0.1) is 6.54 Å². The predicted molar refractivity (Wildman–Crippen MR) is 86.4 cm³/mol. The summed E-state index contributed by atoms with van der Waals surface area (Å²) in [4.78, 5) is 24.7. The Morgan fingerprint density at radius 3 is 2.30 bits per heavy atom. The first-order valence-corrected chi connectivity index (χ1v) is 7.18. The maximum atomic E-state index is 11.6. The lowest BCUT2D eigenvalue weighted by Gasteiger charge is -2.06. The number of aromatic nitrogens is 3. The SMILES string of the molecule is O=c1[nH]c(=O)n(CCc2ccc(-c3ccccc3)cc2)nc1O. The number of aromatic hydroxyl groups is 1. The van der Waals surface area contributed by atoms with Gasteiger partial charge in [-0.2, -0.15) is 0 Å². The number of aromatic amines is 1. The van der Waals surface area contributed by atoms with E-state index in [1.165, 1.54) is 0 Å². The molecule has 0 aliphatic carbocycles. The number of H-pyrrole nitrogens is 1. The summed E-state index contributed by atoms with van der Waals surface area (Å²) in [5.74, 6) is -0.705. The summed E-state index contributed by atoms with van der Waals surface area (Å²) in [7, 11) is 0. The highest BCUT2D eigenvalue weighted by molar-refractivity contribution is 5.63. The summed E-state index contributed by atoms with van der Waals surface area (Å²) in [5, 5.41) is 12.8. The normalized spacial score (nSPS) is 10.6. The van der Waals surface area contributed by atoms with Gasteiger partial charge < -0.3 is 5.11 Å². The van der Waals surface area contributed by atoms with Crippen LogP contribution in [0.1, 0.15) is 5.56 Å². The van der Waals surface area contributed by atoms with Crippen LogP contribution in [0.5, 0.6) is 5.88 Å². The summed E-state index contributed by atoms with van der Waals surface area (Å²) in [5.41, 5.74) is 1.78. The van der Waals surface area contributed by atoms with E-state index in [9.17, 15) is 14.7 Å². The Morgan fingerprint density at radius 1 is 0.957 bits per heavy atom. The van der Waals surface area contributed by atoms with Crippen LogP contribution in [0.15, 0.2) is 64.2 Å². The fraction of sp³-hybridized carbons (Fsp3) is 0.118. The van der Waals surface area contributed by atoms with Gasteiger partial charge in [-0.1, -0.05) is 54.6 Å². The Balaban J connectivity index is 1.73. The largest absolute Gasteiger partial charge is 0.488 e. The highest BCUT2D eigenvalue weighted by Gasteiger charge is 2.05. The highest BCUT2D eigenvalue weighted by Crippen LogP contribution is 2.19. The molecule has 1 aromatic heterocycles. The van der Waals surface area contributed by atoms with Gasteiger partial charge in [0.2, 0.25) is 0 Å². The van der Waals surface area contributed by atoms with Crippen LogP contribution >= 0.6 is 0 Å². The molecule has 0 aliphatic heterocycles. The van der Waals surface area contributed by atoms with E-state index in [1.807, 2.05) is 59.6 Å². The second-order valence-electron chi connectivity index (χ2n) is 5.12. The summed E-state index contributed by atoms with van der Waals surface area (Å²) in [6.45, 7) is 0.272. The van der Waals surface area contributed by atoms with E-state index in [0.29, 0.717) is 6.42 Å². The maximum Gasteiger partial charge on any atom is 0.344 e. The van der Waals surface area contributed by atoms with E-state index >= 15 is 0 Å². The molecule has 116 valence electrons. The highest BCUT2D eigenvalue weighted by atomic mass is 16.3. The molecule has 1 heterocycles. The molecule has 2 aromatic carbocycles. The van der Waals surface area contributed by atoms with Crippen LogP contribution in [0.3, 0.4) is 0 Å². The second kappa shape index (κ2) is 6.31. The minimum atomic E-state index is -0.876. The molecule has 0 amide bonds. The van der Waals surface area contributed by atoms with Gasteiger partial charge in [-0.15, -0.1) is 5.10 Å². The van der Waals surface area contributed by atoms with Crippen molar-refractivity contribution in [3.63, 3.8) is 0 Å². The Bertz CT molecular complexity index is 912. The van der Waals surface area contributed by atoms with Crippen LogP contribution < -0.4 is 11.2 Å². The van der Waals surface area contributed by atoms with Crippen molar-refractivity contribution >= 4 is 0 Å². The molecule has 3 aromatic rings. The Hall–Kier alpha value is -3.15. The summed E-state index contributed by atoms with van der Waals surface area (Å²) in [6, 6.07) is 18.0. The molecule has 6 heteroatoms. The van der Waals surface area contributed by atoms with Gasteiger partial charge >= 0.3 is 11.2 Å². The summed E-state index contributed by atoms with van der Waals surface area (Å²) >= 11 is 0. The van der Waals surface area contributed by atoms with Gasteiger partial charge in [-0.3, -0.25) is 9.78 Å². The van der Waals surface area contributed by atoms with Crippen LogP contribution in [0.4, 0.5) is 0 Å². The number of benzene rings is 2. The zero-order chi connectivity index (χ0) is 16.2. The van der Waals surface area contributed by atoms with Gasteiger partial charge in [0.1, 0.15) is 0 Å². The standard InChI is InChI=1S/C17H15N3O3/c21-15-16(22)19-20(17(23)18-15)11-10-12-6-8-14(9-7-12)13-4-2-1-3-5-13/h1-9H,10-11H2,(H,19,22)(H,18,21,23). The van der Waals surface area contributed by atoms with E-state index in [1.54, 1.807) is 0 Å². The molecular formula is C17H15N3O3. The Kier molecular flexibility index (Phi) is 4.05. The average molecular weight is 309 g/mol. The van der Waals surface area contributed by atoms with Crippen molar-refractivity contribution in [1.82, 2.24) is 14.8 Å². The molecule has 0 saturated carbocycles. The topological polar surface area (TPSA) is 88.0 Å². The molecule has 0 aliphatic rings. The zero-order valence-electron chi connectivity index (χ0n) is 12.3. The monoisotopic (exact) mass is 309 g/mol. The predicted octanol–water partition coefficient (Wildman–Crippen LogP) is 1.55. The van der Waals surface area contributed by atoms with Crippen LogP contribution in [-0.4, -0.2) is 19.9 Å². The van der Waals surface area contributed by atoms with Crippen molar-refractivity contribution < 1.29 is 5.11 Å². The zero-order valence-corrected chi connectivity index (χ0v) is 12.3. The molecular weight excluding hydrogens is 294 g/mol. The molecule has 0 fully saturated rings. The molecule has 0 unspecified atom stereocenters. The van der Waals surface area contributed by atoms with Gasteiger partial charge in [0.25, 0.3) is 5.88 Å². The van der Waals surface area contributed by atoms with Crippen molar-refractivity contribution in [3.05, 3.63) is 81.0 Å². The lowest BCUT2D eigenvalue weighted by atomic mass is 10.0. The number of nitrogens with zero attached hydrogens (tertiary/aromatic N) is 2. The first kappa shape index (κ1) is 14.8. The fourth-order valence-corrected chi connectivity index (χ4v) is 2.30. The van der Waals surface area contributed by atoms with Gasteiger partial charge in [-0.25, -0.2) is 9.48 Å². The molecule has 0 spiro atoms. The van der Waals surface area contributed by atoms with Crippen molar-refractivity contribution in [2.45, 2.75) is 13.0 Å². The molecule has 0 bridgehead atoms. The first-order valence-electron chi connectivity index (χ1n) is 7.18. The van der Waals surface area contributed by atoms with Gasteiger partial charge in [0, 0.05) is 0 Å². The van der Waals surface area contributed by atoms with E-state index < -0.39 is 17.1 Å². The number of rotatable bonds is 4. The average Bonchev–Trinajstić information content (AvgIpc) is 2.58. The lowest BCUT2D eigenvalue weighted by Crippen LogP contribution is -2.32. The Morgan fingerprint density at radius 2 is 1.61 bits per heavy atom. The number of nitrogens with one attached hydrogen (secondary N) is 1. The third kappa shape index (κ3) is 3.37. The van der Waals surface area contributed by atoms with Crippen LogP contribution in [0.25, 0.3) is 11.1 Å². The first-order chi connectivity index (χ1) is 11.1. The van der Waals surface area contributed by atoms with Crippen LogP contribution in [0.2, 0.25) is 0 Å². The van der Waals surface area contributed by atoms with E-state index in [2.05, 4.69) is 5.10 Å². The smallest absolute Gasteiger partial charge is 0.344 e. The van der Waals surface area contributed by atoms with Crippen molar-refractivity contribution in [2.24, 2.45) is 0 Å².